The van der Waals surface area contributed by atoms with E-state index < -0.39 is 0 Å². The molecule has 0 spiro atoms. The normalized spacial score (nSPS) is 15.6. The zero-order valence-electron chi connectivity index (χ0n) is 12.8. The van der Waals surface area contributed by atoms with E-state index in [1.54, 1.807) is 12.3 Å². The second-order valence-electron chi connectivity index (χ2n) is 5.91. The molecule has 1 saturated carbocycles. The predicted octanol–water partition coefficient (Wildman–Crippen LogP) is 3.87. The minimum absolute atomic E-state index is 0.0891. The van der Waals surface area contributed by atoms with Gasteiger partial charge in [-0.3, -0.25) is 4.79 Å². The van der Waals surface area contributed by atoms with Gasteiger partial charge in [0.05, 0.1) is 10.6 Å². The first kappa shape index (κ1) is 16.1. The summed E-state index contributed by atoms with van der Waals surface area (Å²) in [5, 5.41) is 6.65. The average molecular weight is 310 g/mol. The van der Waals surface area contributed by atoms with E-state index in [0.717, 1.165) is 19.5 Å². The van der Waals surface area contributed by atoms with Crippen molar-refractivity contribution in [2.45, 2.75) is 46.0 Å². The van der Waals surface area contributed by atoms with Gasteiger partial charge in [0.25, 0.3) is 5.91 Å². The average Bonchev–Trinajstić information content (AvgIpc) is 3.24. The lowest BCUT2D eigenvalue weighted by molar-refractivity contribution is 0.0943. The Labute approximate surface area is 131 Å². The molecule has 1 aliphatic rings. The summed E-state index contributed by atoms with van der Waals surface area (Å²) >= 11 is 6.16. The highest BCUT2D eigenvalue weighted by Crippen LogP contribution is 2.48. The van der Waals surface area contributed by atoms with Gasteiger partial charge in [0.15, 0.2) is 0 Å². The van der Waals surface area contributed by atoms with Gasteiger partial charge in [0, 0.05) is 19.3 Å². The maximum Gasteiger partial charge on any atom is 0.252 e. The van der Waals surface area contributed by atoms with E-state index in [4.69, 9.17) is 11.6 Å². The molecule has 0 bridgehead atoms. The molecule has 1 amide bonds. The molecule has 2 N–H and O–H groups in total. The van der Waals surface area contributed by atoms with Crippen LogP contribution < -0.4 is 10.6 Å². The standard InChI is InChI=1S/C16H24ClN3O/c1-3-5-16(6-7-16)11-20-15(21)12-9-13(17)14(19-10-12)18-8-4-2/h9-10H,3-8,11H2,1-2H3,(H,18,19)(H,20,21). The number of hydrogen-bond acceptors (Lipinski definition) is 3. The van der Waals surface area contributed by atoms with E-state index in [9.17, 15) is 4.79 Å². The molecule has 1 heterocycles. The van der Waals surface area contributed by atoms with Crippen LogP contribution in [-0.2, 0) is 0 Å². The Hall–Kier alpha value is -1.29. The van der Waals surface area contributed by atoms with Crippen molar-refractivity contribution in [3.8, 4) is 0 Å². The van der Waals surface area contributed by atoms with Gasteiger partial charge < -0.3 is 10.6 Å². The van der Waals surface area contributed by atoms with Gasteiger partial charge >= 0.3 is 0 Å². The molecule has 0 saturated heterocycles. The van der Waals surface area contributed by atoms with Crippen LogP contribution in [0.15, 0.2) is 12.3 Å². The van der Waals surface area contributed by atoms with Crippen LogP contribution in [-0.4, -0.2) is 24.0 Å². The number of carbonyl (C=O) groups excluding carboxylic acids is 1. The van der Waals surface area contributed by atoms with Crippen LogP contribution in [0, 0.1) is 5.41 Å². The highest BCUT2D eigenvalue weighted by molar-refractivity contribution is 6.33. The van der Waals surface area contributed by atoms with Gasteiger partial charge in [-0.15, -0.1) is 0 Å². The number of pyridine rings is 1. The fourth-order valence-electron chi connectivity index (χ4n) is 2.53. The number of amides is 1. The van der Waals surface area contributed by atoms with Gasteiger partial charge in [0.2, 0.25) is 0 Å². The Morgan fingerprint density at radius 3 is 2.71 bits per heavy atom. The van der Waals surface area contributed by atoms with Crippen molar-refractivity contribution < 1.29 is 4.79 Å². The highest BCUT2D eigenvalue weighted by Gasteiger charge is 2.41. The van der Waals surface area contributed by atoms with Gasteiger partial charge in [-0.2, -0.15) is 0 Å². The maximum atomic E-state index is 12.2. The first-order valence-electron chi connectivity index (χ1n) is 7.78. The van der Waals surface area contributed by atoms with Gasteiger partial charge in [-0.25, -0.2) is 4.98 Å². The Kier molecular flexibility index (Phi) is 5.45. The SMILES string of the molecule is CCCNc1ncc(C(=O)NCC2(CCC)CC2)cc1Cl. The molecule has 116 valence electrons. The summed E-state index contributed by atoms with van der Waals surface area (Å²) in [5.74, 6) is 0.550. The lowest BCUT2D eigenvalue weighted by atomic mass is 10.0. The molecule has 5 heteroatoms. The van der Waals surface area contributed by atoms with E-state index >= 15 is 0 Å². The van der Waals surface area contributed by atoms with Crippen LogP contribution in [0.1, 0.15) is 56.3 Å². The lowest BCUT2D eigenvalue weighted by Gasteiger charge is -2.15. The largest absolute Gasteiger partial charge is 0.369 e. The van der Waals surface area contributed by atoms with E-state index in [1.807, 2.05) is 0 Å². The molecule has 1 aliphatic carbocycles. The number of hydrogen-bond donors (Lipinski definition) is 2. The second-order valence-corrected chi connectivity index (χ2v) is 6.32. The number of carbonyl (C=O) groups is 1. The third-order valence-electron chi connectivity index (χ3n) is 4.01. The van der Waals surface area contributed by atoms with Crippen LogP contribution in [0.25, 0.3) is 0 Å². The molecule has 0 radical (unpaired) electrons. The van der Waals surface area contributed by atoms with E-state index in [1.165, 1.54) is 25.7 Å². The Balaban J connectivity index is 1.92. The molecule has 0 aliphatic heterocycles. The van der Waals surface area contributed by atoms with Crippen LogP contribution in [0.4, 0.5) is 5.82 Å². The molecule has 1 aromatic heterocycles. The molecule has 1 aromatic rings. The third-order valence-corrected chi connectivity index (χ3v) is 4.30. The van der Waals surface area contributed by atoms with Gasteiger partial charge in [0.1, 0.15) is 5.82 Å². The smallest absolute Gasteiger partial charge is 0.252 e. The topological polar surface area (TPSA) is 54.0 Å². The quantitative estimate of drug-likeness (QED) is 0.766. The lowest BCUT2D eigenvalue weighted by Crippen LogP contribution is -2.30. The summed E-state index contributed by atoms with van der Waals surface area (Å²) in [7, 11) is 0. The Morgan fingerprint density at radius 1 is 1.38 bits per heavy atom. The van der Waals surface area contributed by atoms with E-state index in [-0.39, 0.29) is 5.91 Å². The minimum Gasteiger partial charge on any atom is -0.369 e. The molecule has 21 heavy (non-hydrogen) atoms. The zero-order chi connectivity index (χ0) is 15.3. The van der Waals surface area contributed by atoms with E-state index in [0.29, 0.717) is 21.8 Å². The van der Waals surface area contributed by atoms with Crippen molar-refractivity contribution in [2.75, 3.05) is 18.4 Å². The monoisotopic (exact) mass is 309 g/mol. The number of nitrogens with one attached hydrogen (secondary N) is 2. The number of nitrogens with zero attached hydrogens (tertiary/aromatic N) is 1. The van der Waals surface area contributed by atoms with Crippen LogP contribution in [0.3, 0.4) is 0 Å². The third kappa shape index (κ3) is 4.34. The van der Waals surface area contributed by atoms with E-state index in [2.05, 4.69) is 29.5 Å². The van der Waals surface area contributed by atoms with Crippen molar-refractivity contribution in [1.82, 2.24) is 10.3 Å². The Morgan fingerprint density at radius 2 is 2.14 bits per heavy atom. The minimum atomic E-state index is -0.0891. The van der Waals surface area contributed by atoms with Crippen LogP contribution >= 0.6 is 11.6 Å². The molecule has 1 fully saturated rings. The van der Waals surface area contributed by atoms with Gasteiger partial charge in [-0.1, -0.05) is 31.9 Å². The molecule has 4 nitrogen and oxygen atoms in total. The summed E-state index contributed by atoms with van der Waals surface area (Å²) in [4.78, 5) is 16.4. The number of aromatic nitrogens is 1. The first-order valence-corrected chi connectivity index (χ1v) is 8.15. The number of anilines is 1. The fraction of sp³-hybridized carbons (Fsp3) is 0.625. The van der Waals surface area contributed by atoms with Crippen molar-refractivity contribution in [2.24, 2.45) is 5.41 Å². The van der Waals surface area contributed by atoms with Crippen molar-refractivity contribution in [1.29, 1.82) is 0 Å². The summed E-state index contributed by atoms with van der Waals surface area (Å²) in [6.45, 7) is 5.84. The number of halogens is 1. The zero-order valence-corrected chi connectivity index (χ0v) is 13.6. The van der Waals surface area contributed by atoms with Gasteiger partial charge in [-0.05, 0) is 37.2 Å². The molecule has 0 atom stereocenters. The molecule has 0 unspecified atom stereocenters. The molecule has 2 rings (SSSR count). The van der Waals surface area contributed by atoms with Crippen molar-refractivity contribution in [3.05, 3.63) is 22.8 Å². The number of rotatable bonds is 8. The Bertz CT molecular complexity index is 500. The first-order chi connectivity index (χ1) is 10.1. The fourth-order valence-corrected chi connectivity index (χ4v) is 2.76. The van der Waals surface area contributed by atoms with Crippen LogP contribution in [0.5, 0.6) is 0 Å². The summed E-state index contributed by atoms with van der Waals surface area (Å²) in [6, 6.07) is 1.68. The summed E-state index contributed by atoms with van der Waals surface area (Å²) in [6.07, 6.45) is 7.38. The predicted molar refractivity (Wildman–Crippen MR) is 86.9 cm³/mol. The molecular weight excluding hydrogens is 286 g/mol. The molecular formula is C16H24ClN3O. The molecule has 0 aromatic carbocycles. The maximum absolute atomic E-state index is 12.2. The second kappa shape index (κ2) is 7.12. The van der Waals surface area contributed by atoms with Crippen LogP contribution in [0.2, 0.25) is 5.02 Å². The summed E-state index contributed by atoms with van der Waals surface area (Å²) < 4.78 is 0. The van der Waals surface area contributed by atoms with Crippen molar-refractivity contribution >= 4 is 23.3 Å². The summed E-state index contributed by atoms with van der Waals surface area (Å²) in [5.41, 5.74) is 0.874. The van der Waals surface area contributed by atoms with Crippen molar-refractivity contribution in [3.63, 3.8) is 0 Å². The highest BCUT2D eigenvalue weighted by atomic mass is 35.5.